The Morgan fingerprint density at radius 3 is 2.82 bits per heavy atom. The van der Waals surface area contributed by atoms with Crippen molar-refractivity contribution in [1.29, 1.82) is 0 Å². The van der Waals surface area contributed by atoms with Crippen molar-refractivity contribution >= 4 is 11.6 Å². The molecule has 0 fully saturated rings. The van der Waals surface area contributed by atoms with Crippen molar-refractivity contribution in [2.24, 2.45) is 0 Å². The maximum Gasteiger partial charge on any atom is 0.255 e. The predicted octanol–water partition coefficient (Wildman–Crippen LogP) is 2.70. The number of carbonyl (C=O) groups excluding carboxylic acids is 1. The second-order valence-electron chi connectivity index (χ2n) is 6.47. The van der Waals surface area contributed by atoms with E-state index in [-0.39, 0.29) is 18.8 Å². The average Bonchev–Trinajstić information content (AvgIpc) is 3.36. The van der Waals surface area contributed by atoms with E-state index < -0.39 is 0 Å². The molecule has 0 radical (unpaired) electrons. The fourth-order valence-electron chi connectivity index (χ4n) is 3.13. The fourth-order valence-corrected chi connectivity index (χ4v) is 3.13. The quantitative estimate of drug-likeness (QED) is 0.750. The third kappa shape index (κ3) is 3.20. The van der Waals surface area contributed by atoms with E-state index >= 15 is 0 Å². The first-order chi connectivity index (χ1) is 13.7. The lowest BCUT2D eigenvalue weighted by Gasteiger charge is -2.26. The molecule has 1 aromatic heterocycles. The second kappa shape index (κ2) is 6.80. The molecule has 142 valence electrons. The first-order valence-corrected chi connectivity index (χ1v) is 8.86. The highest BCUT2D eigenvalue weighted by molar-refractivity contribution is 6.04. The summed E-state index contributed by atoms with van der Waals surface area (Å²) in [6.07, 6.45) is 3.20. The van der Waals surface area contributed by atoms with Crippen LogP contribution in [0.1, 0.15) is 10.4 Å². The van der Waals surface area contributed by atoms with Crippen LogP contribution in [-0.4, -0.2) is 35.2 Å². The molecule has 1 atom stereocenters. The standard InChI is InChI=1S/C20H17N3O5/c24-20(13-5-6-17-19(7-13)27-12-26-17)22-14-8-21-23(9-14)10-15-11-25-16-3-1-2-4-18(16)28-15/h1-9,15H,10-12H2,(H,22,24)/t15-/m1/s1. The van der Waals surface area contributed by atoms with Crippen LogP contribution in [0.3, 0.4) is 0 Å². The summed E-state index contributed by atoms with van der Waals surface area (Å²) in [6.45, 7) is 1.12. The SMILES string of the molecule is O=C(Nc1cnn(C[C@@H]2COc3ccccc3O2)c1)c1ccc2c(c1)OCO2. The molecule has 0 bridgehead atoms. The molecule has 2 aliphatic rings. The lowest BCUT2D eigenvalue weighted by molar-refractivity contribution is 0.0759. The van der Waals surface area contributed by atoms with Crippen LogP contribution in [0.4, 0.5) is 5.69 Å². The van der Waals surface area contributed by atoms with Crippen LogP contribution >= 0.6 is 0 Å². The van der Waals surface area contributed by atoms with E-state index in [1.54, 1.807) is 35.3 Å². The van der Waals surface area contributed by atoms with Gasteiger partial charge in [0.15, 0.2) is 29.1 Å². The number of aromatic nitrogens is 2. The van der Waals surface area contributed by atoms with Crippen LogP contribution in [0.5, 0.6) is 23.0 Å². The smallest absolute Gasteiger partial charge is 0.255 e. The van der Waals surface area contributed by atoms with Crippen molar-refractivity contribution in [1.82, 2.24) is 9.78 Å². The molecule has 8 nitrogen and oxygen atoms in total. The number of anilines is 1. The number of carbonyl (C=O) groups is 1. The van der Waals surface area contributed by atoms with E-state index in [1.807, 2.05) is 24.3 Å². The highest BCUT2D eigenvalue weighted by Crippen LogP contribution is 2.33. The summed E-state index contributed by atoms with van der Waals surface area (Å²) in [7, 11) is 0. The normalized spacial score (nSPS) is 16.6. The van der Waals surface area contributed by atoms with Crippen molar-refractivity contribution in [3.63, 3.8) is 0 Å². The highest BCUT2D eigenvalue weighted by atomic mass is 16.7. The van der Waals surface area contributed by atoms with Crippen molar-refractivity contribution < 1.29 is 23.7 Å². The largest absolute Gasteiger partial charge is 0.486 e. The van der Waals surface area contributed by atoms with E-state index in [4.69, 9.17) is 18.9 Å². The van der Waals surface area contributed by atoms with Gasteiger partial charge >= 0.3 is 0 Å². The van der Waals surface area contributed by atoms with Crippen LogP contribution < -0.4 is 24.3 Å². The molecule has 0 unspecified atom stereocenters. The van der Waals surface area contributed by atoms with Gasteiger partial charge in [0.05, 0.1) is 18.4 Å². The number of para-hydroxylation sites is 2. The first kappa shape index (κ1) is 16.5. The maximum absolute atomic E-state index is 12.5. The summed E-state index contributed by atoms with van der Waals surface area (Å²) in [5.74, 6) is 2.43. The molecular weight excluding hydrogens is 362 g/mol. The molecule has 28 heavy (non-hydrogen) atoms. The van der Waals surface area contributed by atoms with E-state index in [9.17, 15) is 4.79 Å². The van der Waals surface area contributed by atoms with Gasteiger partial charge in [-0.15, -0.1) is 0 Å². The summed E-state index contributed by atoms with van der Waals surface area (Å²) in [5, 5.41) is 7.12. The summed E-state index contributed by atoms with van der Waals surface area (Å²) < 4.78 is 23.9. The van der Waals surface area contributed by atoms with E-state index in [2.05, 4.69) is 10.4 Å². The van der Waals surface area contributed by atoms with Gasteiger partial charge < -0.3 is 24.3 Å². The lowest BCUT2D eigenvalue weighted by Crippen LogP contribution is -2.33. The summed E-state index contributed by atoms with van der Waals surface area (Å²) >= 11 is 0. The molecule has 5 rings (SSSR count). The van der Waals surface area contributed by atoms with E-state index in [0.29, 0.717) is 35.9 Å². The van der Waals surface area contributed by atoms with Gasteiger partial charge in [0.2, 0.25) is 6.79 Å². The molecule has 0 saturated carbocycles. The van der Waals surface area contributed by atoms with Crippen molar-refractivity contribution in [2.75, 3.05) is 18.7 Å². The Hall–Kier alpha value is -3.68. The van der Waals surface area contributed by atoms with Crippen LogP contribution in [-0.2, 0) is 6.54 Å². The minimum absolute atomic E-state index is 0.160. The number of ether oxygens (including phenoxy) is 4. The molecule has 3 aromatic rings. The summed E-state index contributed by atoms with van der Waals surface area (Å²) in [4.78, 5) is 12.5. The zero-order valence-corrected chi connectivity index (χ0v) is 14.8. The number of amides is 1. The van der Waals surface area contributed by atoms with Crippen molar-refractivity contribution in [3.05, 3.63) is 60.4 Å². The number of hydrogen-bond donors (Lipinski definition) is 1. The van der Waals surface area contributed by atoms with Gasteiger partial charge in [0, 0.05) is 11.8 Å². The van der Waals surface area contributed by atoms with Crippen LogP contribution in [0.25, 0.3) is 0 Å². The molecule has 0 spiro atoms. The summed E-state index contributed by atoms with van der Waals surface area (Å²) in [6, 6.07) is 12.6. The molecule has 2 aromatic carbocycles. The molecule has 8 heteroatoms. The lowest BCUT2D eigenvalue weighted by atomic mass is 10.2. The molecule has 1 amide bonds. The Kier molecular flexibility index (Phi) is 4.01. The Morgan fingerprint density at radius 1 is 1.07 bits per heavy atom. The highest BCUT2D eigenvalue weighted by Gasteiger charge is 2.21. The van der Waals surface area contributed by atoms with Crippen LogP contribution in [0.15, 0.2) is 54.9 Å². The number of nitrogens with one attached hydrogen (secondary N) is 1. The fraction of sp³-hybridized carbons (Fsp3) is 0.200. The van der Waals surface area contributed by atoms with E-state index in [0.717, 1.165) is 11.5 Å². The second-order valence-corrected chi connectivity index (χ2v) is 6.47. The number of benzene rings is 2. The topological polar surface area (TPSA) is 83.8 Å². The molecule has 0 aliphatic carbocycles. The zero-order chi connectivity index (χ0) is 18.9. The number of rotatable bonds is 4. The van der Waals surface area contributed by atoms with Crippen LogP contribution in [0, 0.1) is 0 Å². The molecule has 1 N–H and O–H groups in total. The molecular formula is C20H17N3O5. The van der Waals surface area contributed by atoms with E-state index in [1.165, 1.54) is 0 Å². The number of hydrogen-bond acceptors (Lipinski definition) is 6. The monoisotopic (exact) mass is 379 g/mol. The third-order valence-electron chi connectivity index (χ3n) is 4.48. The Balaban J connectivity index is 1.22. The van der Waals surface area contributed by atoms with Gasteiger partial charge in [0.25, 0.3) is 5.91 Å². The van der Waals surface area contributed by atoms with Gasteiger partial charge in [-0.2, -0.15) is 5.10 Å². The minimum atomic E-state index is -0.246. The maximum atomic E-state index is 12.5. The van der Waals surface area contributed by atoms with Gasteiger partial charge in [0.1, 0.15) is 6.61 Å². The molecule has 0 saturated heterocycles. The van der Waals surface area contributed by atoms with Crippen LogP contribution in [0.2, 0.25) is 0 Å². The molecule has 3 heterocycles. The Labute approximate surface area is 160 Å². The Bertz CT molecular complexity index is 1030. The predicted molar refractivity (Wildman–Crippen MR) is 99.1 cm³/mol. The number of fused-ring (bicyclic) bond motifs is 2. The molecule has 2 aliphatic heterocycles. The zero-order valence-electron chi connectivity index (χ0n) is 14.8. The van der Waals surface area contributed by atoms with Gasteiger partial charge in [-0.1, -0.05) is 12.1 Å². The minimum Gasteiger partial charge on any atom is -0.486 e. The first-order valence-electron chi connectivity index (χ1n) is 8.86. The van der Waals surface area contributed by atoms with Crippen molar-refractivity contribution in [2.45, 2.75) is 12.6 Å². The summed E-state index contributed by atoms with van der Waals surface area (Å²) in [5.41, 5.74) is 1.08. The van der Waals surface area contributed by atoms with Gasteiger partial charge in [-0.25, -0.2) is 0 Å². The average molecular weight is 379 g/mol. The van der Waals surface area contributed by atoms with Crippen molar-refractivity contribution in [3.8, 4) is 23.0 Å². The Morgan fingerprint density at radius 2 is 1.89 bits per heavy atom. The van der Waals surface area contributed by atoms with Gasteiger partial charge in [-0.05, 0) is 30.3 Å². The van der Waals surface area contributed by atoms with Gasteiger partial charge in [-0.3, -0.25) is 9.48 Å². The third-order valence-corrected chi connectivity index (χ3v) is 4.48. The number of nitrogens with zero attached hydrogens (tertiary/aromatic N) is 2.